The van der Waals surface area contributed by atoms with E-state index in [1.807, 2.05) is 0 Å². The molecule has 0 amide bonds. The molecule has 0 aliphatic carbocycles. The standard InChI is InChI=1S/C14H10F2N2OS/c1-19-12-4-2-3-11-13(12)17-14(20)18(11)10-6-8(15)5-9(16)7-10/h2-7H,1H3,(H,17,20). The normalized spacial score (nSPS) is 10.9. The highest BCUT2D eigenvalue weighted by atomic mass is 32.1. The van der Waals surface area contributed by atoms with E-state index < -0.39 is 11.6 Å². The molecule has 102 valence electrons. The first-order valence-electron chi connectivity index (χ1n) is 5.84. The number of benzene rings is 2. The van der Waals surface area contributed by atoms with Crippen molar-refractivity contribution in [3.05, 3.63) is 52.8 Å². The fraction of sp³-hybridized carbons (Fsp3) is 0.0714. The minimum absolute atomic E-state index is 0.326. The number of fused-ring (bicyclic) bond motifs is 1. The summed E-state index contributed by atoms with van der Waals surface area (Å²) in [6, 6.07) is 8.65. The SMILES string of the molecule is COc1cccc2c1[nH]c(=S)n2-c1cc(F)cc(F)c1. The number of para-hydroxylation sites is 1. The number of nitrogens with one attached hydrogen (secondary N) is 1. The molecule has 3 rings (SSSR count). The van der Waals surface area contributed by atoms with E-state index in [2.05, 4.69) is 4.98 Å². The van der Waals surface area contributed by atoms with Gasteiger partial charge in [0.15, 0.2) is 4.77 Å². The van der Waals surface area contributed by atoms with Crippen LogP contribution in [0, 0.1) is 16.4 Å². The number of aromatic nitrogens is 2. The topological polar surface area (TPSA) is 29.9 Å². The molecule has 0 atom stereocenters. The molecule has 1 heterocycles. The smallest absolute Gasteiger partial charge is 0.182 e. The van der Waals surface area contributed by atoms with E-state index in [0.717, 1.165) is 6.07 Å². The van der Waals surface area contributed by atoms with Gasteiger partial charge in [-0.3, -0.25) is 4.57 Å². The van der Waals surface area contributed by atoms with Crippen molar-refractivity contribution >= 4 is 23.3 Å². The lowest BCUT2D eigenvalue weighted by molar-refractivity contribution is 0.419. The van der Waals surface area contributed by atoms with Crippen molar-refractivity contribution in [2.45, 2.75) is 0 Å². The molecule has 2 aromatic carbocycles. The highest BCUT2D eigenvalue weighted by molar-refractivity contribution is 7.71. The average Bonchev–Trinajstić information content (AvgIpc) is 2.73. The van der Waals surface area contributed by atoms with Crippen LogP contribution in [0.1, 0.15) is 0 Å². The maximum absolute atomic E-state index is 13.4. The largest absolute Gasteiger partial charge is 0.494 e. The Morgan fingerprint density at radius 1 is 1.15 bits per heavy atom. The number of H-pyrrole nitrogens is 1. The third kappa shape index (κ3) is 1.98. The number of methoxy groups -OCH3 is 1. The van der Waals surface area contributed by atoms with E-state index in [9.17, 15) is 8.78 Å². The number of nitrogens with zero attached hydrogens (tertiary/aromatic N) is 1. The second-order valence-corrected chi connectivity index (χ2v) is 4.63. The van der Waals surface area contributed by atoms with Gasteiger partial charge in [-0.1, -0.05) is 6.07 Å². The first kappa shape index (κ1) is 12.8. The predicted octanol–water partition coefficient (Wildman–Crippen LogP) is 3.97. The van der Waals surface area contributed by atoms with Gasteiger partial charge in [-0.05, 0) is 36.5 Å². The van der Waals surface area contributed by atoms with Crippen LogP contribution < -0.4 is 4.74 Å². The number of ether oxygens (including phenoxy) is 1. The summed E-state index contributed by atoms with van der Waals surface area (Å²) < 4.78 is 33.9. The van der Waals surface area contributed by atoms with Crippen LogP contribution in [0.25, 0.3) is 16.7 Å². The quantitative estimate of drug-likeness (QED) is 0.724. The number of rotatable bonds is 2. The van der Waals surface area contributed by atoms with Crippen LogP contribution in [0.5, 0.6) is 5.75 Å². The molecule has 0 aliphatic rings. The Labute approximate surface area is 118 Å². The molecule has 3 aromatic rings. The summed E-state index contributed by atoms with van der Waals surface area (Å²) in [5, 5.41) is 0. The van der Waals surface area contributed by atoms with Crippen molar-refractivity contribution in [1.82, 2.24) is 9.55 Å². The summed E-state index contributed by atoms with van der Waals surface area (Å²) in [7, 11) is 1.55. The number of aromatic amines is 1. The molecule has 6 heteroatoms. The van der Waals surface area contributed by atoms with Gasteiger partial charge in [0.05, 0.1) is 18.3 Å². The van der Waals surface area contributed by atoms with Gasteiger partial charge in [-0.2, -0.15) is 0 Å². The van der Waals surface area contributed by atoms with Gasteiger partial charge in [0.1, 0.15) is 22.9 Å². The van der Waals surface area contributed by atoms with Gasteiger partial charge in [0.2, 0.25) is 0 Å². The predicted molar refractivity (Wildman–Crippen MR) is 74.9 cm³/mol. The lowest BCUT2D eigenvalue weighted by Crippen LogP contribution is -1.96. The zero-order valence-electron chi connectivity index (χ0n) is 10.5. The minimum atomic E-state index is -0.654. The summed E-state index contributed by atoms with van der Waals surface area (Å²) in [5.41, 5.74) is 1.70. The molecule has 0 bridgehead atoms. The second kappa shape index (κ2) is 4.72. The monoisotopic (exact) mass is 292 g/mol. The van der Waals surface area contributed by atoms with E-state index in [0.29, 0.717) is 27.2 Å². The van der Waals surface area contributed by atoms with Crippen molar-refractivity contribution in [2.24, 2.45) is 0 Å². The van der Waals surface area contributed by atoms with Gasteiger partial charge < -0.3 is 9.72 Å². The molecule has 0 unspecified atom stereocenters. The third-order valence-electron chi connectivity index (χ3n) is 3.01. The zero-order valence-corrected chi connectivity index (χ0v) is 11.3. The van der Waals surface area contributed by atoms with Gasteiger partial charge >= 0.3 is 0 Å². The van der Waals surface area contributed by atoms with Crippen LogP contribution in [0.4, 0.5) is 8.78 Å². The average molecular weight is 292 g/mol. The maximum atomic E-state index is 13.4. The van der Waals surface area contributed by atoms with E-state index in [-0.39, 0.29) is 0 Å². The zero-order chi connectivity index (χ0) is 14.3. The Balaban J connectivity index is 2.36. The van der Waals surface area contributed by atoms with Gasteiger partial charge in [-0.25, -0.2) is 8.78 Å². The molecule has 20 heavy (non-hydrogen) atoms. The fourth-order valence-corrected chi connectivity index (χ4v) is 2.50. The molecular formula is C14H10F2N2OS. The fourth-order valence-electron chi connectivity index (χ4n) is 2.20. The minimum Gasteiger partial charge on any atom is -0.494 e. The summed E-state index contributed by atoms with van der Waals surface area (Å²) in [4.78, 5) is 2.99. The van der Waals surface area contributed by atoms with Crippen LogP contribution in [0.15, 0.2) is 36.4 Å². The third-order valence-corrected chi connectivity index (χ3v) is 3.29. The molecule has 3 nitrogen and oxygen atoms in total. The van der Waals surface area contributed by atoms with E-state index in [1.54, 1.807) is 29.9 Å². The number of halogens is 2. The lowest BCUT2D eigenvalue weighted by Gasteiger charge is -2.06. The Hall–Kier alpha value is -2.21. The molecule has 0 saturated carbocycles. The summed E-state index contributed by atoms with van der Waals surface area (Å²) >= 11 is 5.24. The van der Waals surface area contributed by atoms with Gasteiger partial charge in [0.25, 0.3) is 0 Å². The first-order chi connectivity index (χ1) is 9.60. The maximum Gasteiger partial charge on any atom is 0.182 e. The molecular weight excluding hydrogens is 282 g/mol. The van der Waals surface area contributed by atoms with E-state index in [1.165, 1.54) is 12.1 Å². The second-order valence-electron chi connectivity index (χ2n) is 4.25. The Morgan fingerprint density at radius 2 is 1.85 bits per heavy atom. The highest BCUT2D eigenvalue weighted by Gasteiger charge is 2.11. The summed E-state index contributed by atoms with van der Waals surface area (Å²) in [5.74, 6) is -0.692. The first-order valence-corrected chi connectivity index (χ1v) is 6.25. The Bertz CT molecular complexity index is 834. The van der Waals surface area contributed by atoms with Crippen molar-refractivity contribution in [3.8, 4) is 11.4 Å². The van der Waals surface area contributed by atoms with E-state index in [4.69, 9.17) is 17.0 Å². The lowest BCUT2D eigenvalue weighted by atomic mass is 10.2. The highest BCUT2D eigenvalue weighted by Crippen LogP contribution is 2.27. The van der Waals surface area contributed by atoms with Crippen LogP contribution in [0.2, 0.25) is 0 Å². The van der Waals surface area contributed by atoms with Crippen LogP contribution in [0.3, 0.4) is 0 Å². The summed E-state index contributed by atoms with van der Waals surface area (Å²) in [6.45, 7) is 0. The van der Waals surface area contributed by atoms with Crippen molar-refractivity contribution < 1.29 is 13.5 Å². The molecule has 1 aromatic heterocycles. The van der Waals surface area contributed by atoms with E-state index >= 15 is 0 Å². The number of hydrogen-bond acceptors (Lipinski definition) is 2. The Kier molecular flexibility index (Phi) is 3.02. The molecule has 1 N–H and O–H groups in total. The van der Waals surface area contributed by atoms with Crippen LogP contribution in [-0.4, -0.2) is 16.7 Å². The van der Waals surface area contributed by atoms with Crippen molar-refractivity contribution in [3.63, 3.8) is 0 Å². The molecule has 0 fully saturated rings. The van der Waals surface area contributed by atoms with Crippen LogP contribution >= 0.6 is 12.2 Å². The van der Waals surface area contributed by atoms with Crippen molar-refractivity contribution in [1.29, 1.82) is 0 Å². The van der Waals surface area contributed by atoms with Crippen molar-refractivity contribution in [2.75, 3.05) is 7.11 Å². The molecule has 0 radical (unpaired) electrons. The number of imidazole rings is 1. The number of hydrogen-bond donors (Lipinski definition) is 1. The molecule has 0 spiro atoms. The Morgan fingerprint density at radius 3 is 2.50 bits per heavy atom. The molecule has 0 saturated heterocycles. The summed E-state index contributed by atoms with van der Waals surface area (Å²) in [6.07, 6.45) is 0. The molecule has 0 aliphatic heterocycles. The van der Waals surface area contributed by atoms with Gasteiger partial charge in [-0.15, -0.1) is 0 Å². The van der Waals surface area contributed by atoms with Gasteiger partial charge in [0, 0.05) is 6.07 Å². The van der Waals surface area contributed by atoms with Crippen LogP contribution in [-0.2, 0) is 0 Å².